The van der Waals surface area contributed by atoms with Gasteiger partial charge < -0.3 is 10.1 Å². The number of hydrogen-bond acceptors (Lipinski definition) is 6. The molecule has 0 aliphatic heterocycles. The van der Waals surface area contributed by atoms with Crippen molar-refractivity contribution in [1.29, 1.82) is 5.26 Å². The number of carbonyl (C=O) groups is 2. The lowest BCUT2D eigenvalue weighted by molar-refractivity contribution is -0.117. The van der Waals surface area contributed by atoms with Gasteiger partial charge in [-0.05, 0) is 58.7 Å². The monoisotopic (exact) mass is 464 g/mol. The Kier molecular flexibility index (Phi) is 5.96. The molecule has 3 aromatic rings. The molecule has 2 heterocycles. The van der Waals surface area contributed by atoms with Gasteiger partial charge in [0.05, 0.1) is 35.1 Å². The molecule has 0 saturated heterocycles. The fraction of sp³-hybridized carbons (Fsp3) is 0.375. The Morgan fingerprint density at radius 3 is 2.65 bits per heavy atom. The molecule has 1 N–H and O–H groups in total. The van der Waals surface area contributed by atoms with Gasteiger partial charge in [0.2, 0.25) is 5.91 Å². The molecule has 176 valence electrons. The van der Waals surface area contributed by atoms with Crippen LogP contribution in [0.2, 0.25) is 0 Å². The predicted molar refractivity (Wildman–Crippen MR) is 121 cm³/mol. The highest BCUT2D eigenvalue weighted by atomic mass is 19.1. The van der Waals surface area contributed by atoms with Gasteiger partial charge in [-0.2, -0.15) is 15.5 Å². The lowest BCUT2D eigenvalue weighted by Crippen LogP contribution is -2.29. The van der Waals surface area contributed by atoms with Gasteiger partial charge >= 0.3 is 6.09 Å². The molecule has 0 bridgehead atoms. The second-order valence-corrected chi connectivity index (χ2v) is 9.36. The zero-order valence-corrected chi connectivity index (χ0v) is 19.4. The quantitative estimate of drug-likeness (QED) is 0.595. The number of aromatic nitrogens is 4. The van der Waals surface area contributed by atoms with E-state index < -0.39 is 23.4 Å². The molecule has 1 aliphatic carbocycles. The van der Waals surface area contributed by atoms with E-state index in [9.17, 15) is 14.0 Å². The van der Waals surface area contributed by atoms with Crippen LogP contribution in [0.15, 0.2) is 36.7 Å². The maximum absolute atomic E-state index is 13.8. The molecule has 1 amide bonds. The number of amides is 1. The molecular weight excluding hydrogens is 439 g/mol. The van der Waals surface area contributed by atoms with Crippen molar-refractivity contribution in [3.05, 3.63) is 59.3 Å². The molecular formula is C24H25FN6O3. The van der Waals surface area contributed by atoms with Gasteiger partial charge in [-0.3, -0.25) is 4.79 Å². The van der Waals surface area contributed by atoms with E-state index in [4.69, 9.17) is 10.00 Å². The summed E-state index contributed by atoms with van der Waals surface area (Å²) in [5, 5.41) is 20.4. The second-order valence-electron chi connectivity index (χ2n) is 9.36. The fourth-order valence-electron chi connectivity index (χ4n) is 3.37. The average molecular weight is 465 g/mol. The molecule has 0 spiro atoms. The Bertz CT molecular complexity index is 1290. The Hall–Kier alpha value is -4.00. The maximum Gasteiger partial charge on any atom is 0.437 e. The minimum atomic E-state index is -0.714. The Labute approximate surface area is 196 Å². The van der Waals surface area contributed by atoms with E-state index in [1.54, 1.807) is 40.0 Å². The summed E-state index contributed by atoms with van der Waals surface area (Å²) in [6, 6.07) is 7.49. The first-order valence-corrected chi connectivity index (χ1v) is 10.9. The van der Waals surface area contributed by atoms with E-state index in [0.29, 0.717) is 11.3 Å². The number of nitrogens with one attached hydrogen (secondary N) is 1. The van der Waals surface area contributed by atoms with Crippen molar-refractivity contribution in [3.8, 4) is 11.8 Å². The number of carbonyl (C=O) groups excluding carboxylic acids is 2. The molecule has 1 saturated carbocycles. The van der Waals surface area contributed by atoms with Crippen molar-refractivity contribution in [2.45, 2.75) is 58.0 Å². The third-order valence-corrected chi connectivity index (χ3v) is 5.31. The van der Waals surface area contributed by atoms with Crippen molar-refractivity contribution < 1.29 is 18.7 Å². The van der Waals surface area contributed by atoms with Crippen LogP contribution in [0.25, 0.3) is 5.69 Å². The lowest BCUT2D eigenvalue weighted by Gasteiger charge is -2.20. The number of halogens is 1. The maximum atomic E-state index is 13.8. The predicted octanol–water partition coefficient (Wildman–Crippen LogP) is 4.48. The van der Waals surface area contributed by atoms with Gasteiger partial charge in [0, 0.05) is 23.7 Å². The third kappa shape index (κ3) is 5.14. The van der Waals surface area contributed by atoms with Crippen LogP contribution in [0.3, 0.4) is 0 Å². The second kappa shape index (κ2) is 8.74. The first-order chi connectivity index (χ1) is 16.0. The minimum Gasteiger partial charge on any atom is -0.442 e. The number of nitriles is 1. The number of anilines is 1. The standard InChI is InChI=1S/C24H25FN6O3/c1-14(17-12-27-30(13-17)19-8-15(11-26)7-18(25)9-19)22(32)28-21-10-20(16-5-6-16)29-31(21)23(33)34-24(2,3)4/h7-10,12-14,16H,5-6H2,1-4H3,(H,28,32). The summed E-state index contributed by atoms with van der Waals surface area (Å²) in [7, 11) is 0. The summed E-state index contributed by atoms with van der Waals surface area (Å²) in [5.41, 5.74) is 1.13. The molecule has 34 heavy (non-hydrogen) atoms. The highest BCUT2D eigenvalue weighted by Gasteiger charge is 2.31. The largest absolute Gasteiger partial charge is 0.442 e. The van der Waals surface area contributed by atoms with Crippen LogP contribution in [0.5, 0.6) is 0 Å². The molecule has 2 aromatic heterocycles. The van der Waals surface area contributed by atoms with Gasteiger partial charge in [0.25, 0.3) is 0 Å². The normalized spacial score (nSPS) is 14.4. The van der Waals surface area contributed by atoms with Crippen molar-refractivity contribution in [2.24, 2.45) is 0 Å². The van der Waals surface area contributed by atoms with Crippen LogP contribution >= 0.6 is 0 Å². The lowest BCUT2D eigenvalue weighted by atomic mass is 10.0. The van der Waals surface area contributed by atoms with Crippen LogP contribution in [0.4, 0.5) is 15.0 Å². The van der Waals surface area contributed by atoms with Crippen molar-refractivity contribution >= 4 is 17.8 Å². The van der Waals surface area contributed by atoms with Gasteiger partial charge in [-0.15, -0.1) is 4.68 Å². The van der Waals surface area contributed by atoms with E-state index in [-0.39, 0.29) is 23.2 Å². The fourth-order valence-corrected chi connectivity index (χ4v) is 3.37. The topological polar surface area (TPSA) is 115 Å². The van der Waals surface area contributed by atoms with Crippen molar-refractivity contribution in [1.82, 2.24) is 19.6 Å². The number of nitrogens with zero attached hydrogens (tertiary/aromatic N) is 5. The summed E-state index contributed by atoms with van der Waals surface area (Å²) in [6.45, 7) is 6.96. The van der Waals surface area contributed by atoms with Crippen LogP contribution in [-0.4, -0.2) is 37.2 Å². The molecule has 1 unspecified atom stereocenters. The van der Waals surface area contributed by atoms with Gasteiger partial charge in [0.1, 0.15) is 17.2 Å². The molecule has 1 aromatic carbocycles. The average Bonchev–Trinajstić information content (AvgIpc) is 3.33. The van der Waals surface area contributed by atoms with Crippen molar-refractivity contribution in [3.63, 3.8) is 0 Å². The van der Waals surface area contributed by atoms with Gasteiger partial charge in [0.15, 0.2) is 0 Å². The molecule has 1 atom stereocenters. The molecule has 0 radical (unpaired) electrons. The van der Waals surface area contributed by atoms with E-state index in [2.05, 4.69) is 15.5 Å². The summed E-state index contributed by atoms with van der Waals surface area (Å²) in [6.07, 6.45) is 4.40. The summed E-state index contributed by atoms with van der Waals surface area (Å²) in [4.78, 5) is 25.7. The molecule has 9 nitrogen and oxygen atoms in total. The smallest absolute Gasteiger partial charge is 0.437 e. The molecule has 10 heteroatoms. The zero-order valence-electron chi connectivity index (χ0n) is 19.4. The first-order valence-electron chi connectivity index (χ1n) is 10.9. The Morgan fingerprint density at radius 1 is 1.26 bits per heavy atom. The van der Waals surface area contributed by atoms with Crippen LogP contribution in [0, 0.1) is 17.1 Å². The minimum absolute atomic E-state index is 0.166. The molecule has 4 rings (SSSR count). The van der Waals surface area contributed by atoms with Crippen LogP contribution < -0.4 is 5.32 Å². The van der Waals surface area contributed by atoms with Crippen LogP contribution in [0.1, 0.15) is 69.2 Å². The highest BCUT2D eigenvalue weighted by molar-refractivity contribution is 5.96. The highest BCUT2D eigenvalue weighted by Crippen LogP contribution is 2.40. The number of benzene rings is 1. The number of hydrogen-bond donors (Lipinski definition) is 1. The van der Waals surface area contributed by atoms with E-state index in [1.807, 2.05) is 6.07 Å². The molecule has 1 fully saturated rings. The van der Waals surface area contributed by atoms with Gasteiger partial charge in [-0.25, -0.2) is 13.9 Å². The Balaban J connectivity index is 1.54. The van der Waals surface area contributed by atoms with Gasteiger partial charge in [-0.1, -0.05) is 0 Å². The third-order valence-electron chi connectivity index (χ3n) is 5.31. The SMILES string of the molecule is CC(C(=O)Nc1cc(C2CC2)nn1C(=O)OC(C)(C)C)c1cnn(-c2cc(F)cc(C#N)c2)c1. The van der Waals surface area contributed by atoms with E-state index >= 15 is 0 Å². The Morgan fingerprint density at radius 2 is 2.00 bits per heavy atom. The summed E-state index contributed by atoms with van der Waals surface area (Å²) < 4.78 is 21.7. The van der Waals surface area contributed by atoms with E-state index in [1.165, 1.54) is 23.0 Å². The van der Waals surface area contributed by atoms with Crippen molar-refractivity contribution in [2.75, 3.05) is 5.32 Å². The molecule has 1 aliphatic rings. The summed E-state index contributed by atoms with van der Waals surface area (Å²) in [5.74, 6) is -1.05. The van der Waals surface area contributed by atoms with Crippen LogP contribution in [-0.2, 0) is 9.53 Å². The van der Waals surface area contributed by atoms with E-state index in [0.717, 1.165) is 29.3 Å². The summed E-state index contributed by atoms with van der Waals surface area (Å²) >= 11 is 0. The first kappa shape index (κ1) is 23.2. The number of rotatable bonds is 5. The number of ether oxygens (including phenoxy) is 1. The zero-order chi connectivity index (χ0) is 24.6.